The lowest BCUT2D eigenvalue weighted by Gasteiger charge is -2.11. The zero-order valence-electron chi connectivity index (χ0n) is 15.6. The molecule has 0 bridgehead atoms. The van der Waals surface area contributed by atoms with Gasteiger partial charge >= 0.3 is 0 Å². The third-order valence-electron chi connectivity index (χ3n) is 3.78. The van der Waals surface area contributed by atoms with Crippen LogP contribution in [0.5, 0.6) is 5.75 Å². The first-order valence-electron chi connectivity index (χ1n) is 8.77. The molecule has 0 radical (unpaired) electrons. The SMILES string of the molecule is CCNC(=O)c1cccc(NC(=O)c2ccccc2OCc2noc(C)n2)c1. The van der Waals surface area contributed by atoms with Crippen molar-refractivity contribution in [2.75, 3.05) is 11.9 Å². The second-order valence-corrected chi connectivity index (χ2v) is 5.91. The molecule has 0 spiro atoms. The lowest BCUT2D eigenvalue weighted by atomic mass is 10.1. The summed E-state index contributed by atoms with van der Waals surface area (Å²) in [6, 6.07) is 13.6. The molecule has 0 atom stereocenters. The predicted molar refractivity (Wildman–Crippen MR) is 102 cm³/mol. The average molecular weight is 380 g/mol. The summed E-state index contributed by atoms with van der Waals surface area (Å²) in [5.41, 5.74) is 1.33. The summed E-state index contributed by atoms with van der Waals surface area (Å²) < 4.78 is 10.6. The Balaban J connectivity index is 1.72. The van der Waals surface area contributed by atoms with Gasteiger partial charge in [0.1, 0.15) is 5.75 Å². The Morgan fingerprint density at radius 1 is 1.11 bits per heavy atom. The van der Waals surface area contributed by atoms with Gasteiger partial charge in [-0.05, 0) is 37.3 Å². The minimum atomic E-state index is -0.354. The summed E-state index contributed by atoms with van der Waals surface area (Å²) in [5, 5.41) is 9.28. The van der Waals surface area contributed by atoms with Gasteiger partial charge in [0.2, 0.25) is 11.7 Å². The summed E-state index contributed by atoms with van der Waals surface area (Å²) in [4.78, 5) is 28.7. The molecule has 0 unspecified atom stereocenters. The van der Waals surface area contributed by atoms with Crippen LogP contribution in [0, 0.1) is 6.92 Å². The number of hydrogen-bond donors (Lipinski definition) is 2. The van der Waals surface area contributed by atoms with Crippen molar-refractivity contribution >= 4 is 17.5 Å². The van der Waals surface area contributed by atoms with Gasteiger partial charge in [0, 0.05) is 24.7 Å². The van der Waals surface area contributed by atoms with E-state index in [9.17, 15) is 9.59 Å². The van der Waals surface area contributed by atoms with E-state index in [2.05, 4.69) is 20.8 Å². The van der Waals surface area contributed by atoms with Gasteiger partial charge in [0.05, 0.1) is 5.56 Å². The van der Waals surface area contributed by atoms with Gasteiger partial charge < -0.3 is 19.9 Å². The number of anilines is 1. The van der Waals surface area contributed by atoms with E-state index >= 15 is 0 Å². The van der Waals surface area contributed by atoms with Crippen LogP contribution in [0.1, 0.15) is 39.4 Å². The van der Waals surface area contributed by atoms with Crippen LogP contribution < -0.4 is 15.4 Å². The van der Waals surface area contributed by atoms with Crippen LogP contribution in [0.3, 0.4) is 0 Å². The molecule has 2 aromatic carbocycles. The van der Waals surface area contributed by atoms with E-state index in [0.29, 0.717) is 40.8 Å². The first-order valence-corrected chi connectivity index (χ1v) is 8.77. The van der Waals surface area contributed by atoms with Crippen molar-refractivity contribution in [3.05, 3.63) is 71.4 Å². The number of nitrogens with one attached hydrogen (secondary N) is 2. The van der Waals surface area contributed by atoms with E-state index < -0.39 is 0 Å². The molecular weight excluding hydrogens is 360 g/mol. The summed E-state index contributed by atoms with van der Waals surface area (Å²) in [7, 11) is 0. The van der Waals surface area contributed by atoms with Crippen LogP contribution in [0.25, 0.3) is 0 Å². The standard InChI is InChI=1S/C20H20N4O4/c1-3-21-19(25)14-7-6-8-15(11-14)23-20(26)16-9-4-5-10-17(16)27-12-18-22-13(2)28-24-18/h4-11H,3,12H2,1-2H3,(H,21,25)(H,23,26). The van der Waals surface area contributed by atoms with Crippen LogP contribution in [-0.2, 0) is 6.61 Å². The smallest absolute Gasteiger partial charge is 0.259 e. The minimum Gasteiger partial charge on any atom is -0.485 e. The van der Waals surface area contributed by atoms with E-state index in [0.717, 1.165) is 0 Å². The molecule has 0 fully saturated rings. The van der Waals surface area contributed by atoms with Gasteiger partial charge in [-0.2, -0.15) is 4.98 Å². The van der Waals surface area contributed by atoms with Crippen molar-refractivity contribution in [2.24, 2.45) is 0 Å². The minimum absolute atomic E-state index is 0.0777. The molecule has 2 amide bonds. The van der Waals surface area contributed by atoms with Gasteiger partial charge in [0.15, 0.2) is 6.61 Å². The van der Waals surface area contributed by atoms with Crippen molar-refractivity contribution in [1.29, 1.82) is 0 Å². The highest BCUT2D eigenvalue weighted by atomic mass is 16.5. The van der Waals surface area contributed by atoms with Crippen molar-refractivity contribution in [3.8, 4) is 5.75 Å². The first kappa shape index (κ1) is 19.1. The largest absolute Gasteiger partial charge is 0.485 e. The number of nitrogens with zero attached hydrogens (tertiary/aromatic N) is 2. The highest BCUT2D eigenvalue weighted by Gasteiger charge is 2.14. The first-order chi connectivity index (χ1) is 13.6. The van der Waals surface area contributed by atoms with Gasteiger partial charge in [-0.15, -0.1) is 0 Å². The van der Waals surface area contributed by atoms with Crippen molar-refractivity contribution < 1.29 is 18.8 Å². The van der Waals surface area contributed by atoms with E-state index in [-0.39, 0.29) is 18.4 Å². The Morgan fingerprint density at radius 3 is 2.68 bits per heavy atom. The predicted octanol–water partition coefficient (Wildman–Crippen LogP) is 2.96. The maximum Gasteiger partial charge on any atom is 0.259 e. The van der Waals surface area contributed by atoms with Crippen LogP contribution in [0.4, 0.5) is 5.69 Å². The number of hydrogen-bond acceptors (Lipinski definition) is 6. The number of rotatable bonds is 7. The van der Waals surface area contributed by atoms with Gasteiger partial charge in [-0.1, -0.05) is 23.4 Å². The van der Waals surface area contributed by atoms with Gasteiger partial charge in [-0.3, -0.25) is 9.59 Å². The van der Waals surface area contributed by atoms with Crippen LogP contribution in [0.2, 0.25) is 0 Å². The number of benzene rings is 2. The Kier molecular flexibility index (Phi) is 6.01. The van der Waals surface area contributed by atoms with E-state index in [1.165, 1.54) is 0 Å². The van der Waals surface area contributed by atoms with E-state index in [1.54, 1.807) is 55.5 Å². The van der Waals surface area contributed by atoms with Crippen LogP contribution >= 0.6 is 0 Å². The fourth-order valence-electron chi connectivity index (χ4n) is 2.52. The highest BCUT2D eigenvalue weighted by molar-refractivity contribution is 6.06. The van der Waals surface area contributed by atoms with Crippen molar-refractivity contribution in [1.82, 2.24) is 15.5 Å². The third-order valence-corrected chi connectivity index (χ3v) is 3.78. The number of amides is 2. The maximum atomic E-state index is 12.7. The second kappa shape index (κ2) is 8.81. The Hall–Kier alpha value is -3.68. The zero-order chi connectivity index (χ0) is 19.9. The summed E-state index contributed by atoms with van der Waals surface area (Å²) in [5.74, 6) is 0.673. The Morgan fingerprint density at radius 2 is 1.93 bits per heavy atom. The van der Waals surface area contributed by atoms with Crippen molar-refractivity contribution in [2.45, 2.75) is 20.5 Å². The number of aryl methyl sites for hydroxylation is 1. The summed E-state index contributed by atoms with van der Waals surface area (Å²) in [6.45, 7) is 4.14. The second-order valence-electron chi connectivity index (χ2n) is 5.91. The number of carbonyl (C=O) groups excluding carboxylic acids is 2. The average Bonchev–Trinajstić information content (AvgIpc) is 3.12. The molecule has 0 saturated heterocycles. The fraction of sp³-hybridized carbons (Fsp3) is 0.200. The normalized spacial score (nSPS) is 10.4. The number of ether oxygens (including phenoxy) is 1. The fourth-order valence-corrected chi connectivity index (χ4v) is 2.52. The highest BCUT2D eigenvalue weighted by Crippen LogP contribution is 2.21. The van der Waals surface area contributed by atoms with Crippen molar-refractivity contribution in [3.63, 3.8) is 0 Å². The lowest BCUT2D eigenvalue weighted by molar-refractivity contribution is 0.0954. The molecule has 0 aliphatic carbocycles. The molecule has 8 heteroatoms. The summed E-state index contributed by atoms with van der Waals surface area (Å²) in [6.07, 6.45) is 0. The molecule has 3 aromatic rings. The number of para-hydroxylation sites is 1. The Labute approximate surface area is 161 Å². The Bertz CT molecular complexity index is 984. The topological polar surface area (TPSA) is 106 Å². The molecule has 3 rings (SSSR count). The van der Waals surface area contributed by atoms with E-state index in [1.807, 2.05) is 6.92 Å². The van der Waals surface area contributed by atoms with Crippen LogP contribution in [-0.4, -0.2) is 28.5 Å². The molecule has 0 aliphatic rings. The molecule has 2 N–H and O–H groups in total. The molecule has 8 nitrogen and oxygen atoms in total. The van der Waals surface area contributed by atoms with Gasteiger partial charge in [0.25, 0.3) is 11.8 Å². The molecular formula is C20H20N4O4. The molecule has 144 valence electrons. The number of carbonyl (C=O) groups is 2. The van der Waals surface area contributed by atoms with Gasteiger partial charge in [-0.25, -0.2) is 0 Å². The summed E-state index contributed by atoms with van der Waals surface area (Å²) >= 11 is 0. The maximum absolute atomic E-state index is 12.7. The third kappa shape index (κ3) is 4.73. The zero-order valence-corrected chi connectivity index (χ0v) is 15.6. The molecule has 0 aliphatic heterocycles. The van der Waals surface area contributed by atoms with E-state index in [4.69, 9.17) is 9.26 Å². The quantitative estimate of drug-likeness (QED) is 0.653. The molecule has 0 saturated carbocycles. The number of aromatic nitrogens is 2. The van der Waals surface area contributed by atoms with Crippen LogP contribution in [0.15, 0.2) is 53.1 Å². The lowest BCUT2D eigenvalue weighted by Crippen LogP contribution is -2.22. The molecule has 1 heterocycles. The molecule has 1 aromatic heterocycles. The molecule has 28 heavy (non-hydrogen) atoms. The monoisotopic (exact) mass is 380 g/mol.